The number of hydrogen-bond donors (Lipinski definition) is 2. The van der Waals surface area contributed by atoms with Crippen LogP contribution < -0.4 is 10.1 Å². The van der Waals surface area contributed by atoms with E-state index in [1.165, 1.54) is 17.5 Å². The fourth-order valence-electron chi connectivity index (χ4n) is 3.88. The van der Waals surface area contributed by atoms with E-state index >= 15 is 0 Å². The third-order valence-electron chi connectivity index (χ3n) is 5.12. The van der Waals surface area contributed by atoms with Gasteiger partial charge in [0.05, 0.1) is 12.7 Å². The summed E-state index contributed by atoms with van der Waals surface area (Å²) >= 11 is 0. The quantitative estimate of drug-likeness (QED) is 0.875. The molecule has 1 heterocycles. The van der Waals surface area contributed by atoms with Gasteiger partial charge in [0.1, 0.15) is 5.75 Å². The molecule has 0 aromatic heterocycles. The van der Waals surface area contributed by atoms with Gasteiger partial charge in [-0.1, -0.05) is 32.4 Å². The molecular formula is C19H29NO2. The highest BCUT2D eigenvalue weighted by Gasteiger charge is 2.23. The minimum absolute atomic E-state index is 0.0878. The summed E-state index contributed by atoms with van der Waals surface area (Å²) in [6.45, 7) is 6.38. The molecule has 122 valence electrons. The number of hydrogen-bond acceptors (Lipinski definition) is 3. The van der Waals surface area contributed by atoms with Gasteiger partial charge in [-0.2, -0.15) is 0 Å². The molecule has 0 bridgehead atoms. The molecule has 0 amide bonds. The molecule has 0 saturated heterocycles. The van der Waals surface area contributed by atoms with Crippen molar-refractivity contribution in [3.63, 3.8) is 0 Å². The Morgan fingerprint density at radius 2 is 2.18 bits per heavy atom. The smallest absolute Gasteiger partial charge is 0.122 e. The van der Waals surface area contributed by atoms with Crippen LogP contribution in [-0.4, -0.2) is 24.4 Å². The monoisotopic (exact) mass is 303 g/mol. The lowest BCUT2D eigenvalue weighted by Crippen LogP contribution is -2.33. The zero-order valence-electron chi connectivity index (χ0n) is 13.8. The van der Waals surface area contributed by atoms with Crippen molar-refractivity contribution in [2.75, 3.05) is 13.2 Å². The van der Waals surface area contributed by atoms with Gasteiger partial charge in [0.2, 0.25) is 0 Å². The van der Waals surface area contributed by atoms with Gasteiger partial charge in [0, 0.05) is 12.5 Å². The Kier molecular flexibility index (Phi) is 5.04. The Bertz CT molecular complexity index is 500. The molecule has 3 rings (SSSR count). The molecule has 1 aliphatic carbocycles. The largest absolute Gasteiger partial charge is 0.493 e. The van der Waals surface area contributed by atoms with E-state index in [1.54, 1.807) is 0 Å². The number of benzene rings is 1. The SMILES string of the molecule is CC(C)C(NCC1CCCC(O)C1)c1ccc2c(c1)CCO2. The molecule has 22 heavy (non-hydrogen) atoms. The molecule has 1 fully saturated rings. The number of ether oxygens (including phenoxy) is 1. The molecule has 1 aromatic carbocycles. The van der Waals surface area contributed by atoms with Crippen molar-refractivity contribution < 1.29 is 9.84 Å². The van der Waals surface area contributed by atoms with Gasteiger partial charge in [0.25, 0.3) is 0 Å². The summed E-state index contributed by atoms with van der Waals surface area (Å²) in [4.78, 5) is 0. The molecule has 2 aliphatic rings. The van der Waals surface area contributed by atoms with Crippen molar-refractivity contribution in [3.8, 4) is 5.75 Å². The van der Waals surface area contributed by atoms with Crippen LogP contribution in [0.3, 0.4) is 0 Å². The lowest BCUT2D eigenvalue weighted by molar-refractivity contribution is 0.0989. The van der Waals surface area contributed by atoms with Gasteiger partial charge in [0.15, 0.2) is 0 Å². The predicted molar refractivity (Wildman–Crippen MR) is 89.2 cm³/mol. The van der Waals surface area contributed by atoms with Crippen LogP contribution in [0, 0.1) is 11.8 Å². The highest BCUT2D eigenvalue weighted by molar-refractivity contribution is 5.40. The van der Waals surface area contributed by atoms with Crippen LogP contribution in [0.5, 0.6) is 5.75 Å². The van der Waals surface area contributed by atoms with Crippen molar-refractivity contribution in [1.29, 1.82) is 0 Å². The molecule has 3 heteroatoms. The zero-order valence-corrected chi connectivity index (χ0v) is 13.8. The van der Waals surface area contributed by atoms with Crippen LogP contribution >= 0.6 is 0 Å². The first kappa shape index (κ1) is 15.8. The first-order valence-corrected chi connectivity index (χ1v) is 8.80. The van der Waals surface area contributed by atoms with Gasteiger partial charge in [-0.05, 0) is 54.8 Å². The van der Waals surface area contributed by atoms with Crippen LogP contribution in [0.4, 0.5) is 0 Å². The molecule has 3 unspecified atom stereocenters. The summed E-state index contributed by atoms with van der Waals surface area (Å²) in [6.07, 6.45) is 5.28. The summed E-state index contributed by atoms with van der Waals surface area (Å²) in [7, 11) is 0. The third-order valence-corrected chi connectivity index (χ3v) is 5.12. The van der Waals surface area contributed by atoms with E-state index in [-0.39, 0.29) is 6.10 Å². The Labute approximate surface area is 134 Å². The van der Waals surface area contributed by atoms with Gasteiger partial charge in [-0.15, -0.1) is 0 Å². The van der Waals surface area contributed by atoms with E-state index in [1.807, 2.05) is 0 Å². The third kappa shape index (κ3) is 3.64. The van der Waals surface area contributed by atoms with Gasteiger partial charge >= 0.3 is 0 Å². The molecule has 0 spiro atoms. The van der Waals surface area contributed by atoms with E-state index < -0.39 is 0 Å². The van der Waals surface area contributed by atoms with E-state index in [4.69, 9.17) is 4.74 Å². The Morgan fingerprint density at radius 3 is 2.95 bits per heavy atom. The summed E-state index contributed by atoms with van der Waals surface area (Å²) in [5.41, 5.74) is 2.72. The summed E-state index contributed by atoms with van der Waals surface area (Å²) in [5, 5.41) is 13.6. The van der Waals surface area contributed by atoms with E-state index in [0.29, 0.717) is 17.9 Å². The van der Waals surface area contributed by atoms with Crippen molar-refractivity contribution in [2.24, 2.45) is 11.8 Å². The maximum atomic E-state index is 9.84. The first-order chi connectivity index (χ1) is 10.6. The average Bonchev–Trinajstić information content (AvgIpc) is 2.95. The lowest BCUT2D eigenvalue weighted by atomic mass is 9.86. The van der Waals surface area contributed by atoms with Crippen LogP contribution in [-0.2, 0) is 6.42 Å². The molecule has 3 nitrogen and oxygen atoms in total. The number of aliphatic hydroxyl groups excluding tert-OH is 1. The van der Waals surface area contributed by atoms with Crippen molar-refractivity contribution in [3.05, 3.63) is 29.3 Å². The van der Waals surface area contributed by atoms with Crippen LogP contribution in [0.1, 0.15) is 56.7 Å². The molecule has 2 N–H and O–H groups in total. The standard InChI is InChI=1S/C19H29NO2/c1-13(2)19(20-12-14-4-3-5-17(21)10-14)16-6-7-18-15(11-16)8-9-22-18/h6-7,11,13-14,17,19-21H,3-5,8-10,12H2,1-2H3. The minimum atomic E-state index is -0.0878. The summed E-state index contributed by atoms with van der Waals surface area (Å²) in [5.74, 6) is 2.22. The Balaban J connectivity index is 1.65. The minimum Gasteiger partial charge on any atom is -0.493 e. The second kappa shape index (κ2) is 7.01. The van der Waals surface area contributed by atoms with E-state index in [0.717, 1.165) is 44.6 Å². The van der Waals surface area contributed by atoms with Crippen molar-refractivity contribution in [1.82, 2.24) is 5.32 Å². The van der Waals surface area contributed by atoms with Gasteiger partial charge in [-0.25, -0.2) is 0 Å². The van der Waals surface area contributed by atoms with Crippen molar-refractivity contribution in [2.45, 2.75) is 58.1 Å². The molecule has 3 atom stereocenters. The highest BCUT2D eigenvalue weighted by Crippen LogP contribution is 2.31. The van der Waals surface area contributed by atoms with Crippen molar-refractivity contribution >= 4 is 0 Å². The number of rotatable bonds is 5. The van der Waals surface area contributed by atoms with Crippen LogP contribution in [0.2, 0.25) is 0 Å². The average molecular weight is 303 g/mol. The Hall–Kier alpha value is -1.06. The number of fused-ring (bicyclic) bond motifs is 1. The molecular weight excluding hydrogens is 274 g/mol. The summed E-state index contributed by atoms with van der Waals surface area (Å²) < 4.78 is 5.61. The second-order valence-electron chi connectivity index (χ2n) is 7.28. The maximum Gasteiger partial charge on any atom is 0.122 e. The molecule has 0 radical (unpaired) electrons. The molecule has 1 aromatic rings. The first-order valence-electron chi connectivity index (χ1n) is 8.80. The lowest BCUT2D eigenvalue weighted by Gasteiger charge is -2.30. The van der Waals surface area contributed by atoms with E-state index in [2.05, 4.69) is 37.4 Å². The van der Waals surface area contributed by atoms with E-state index in [9.17, 15) is 5.11 Å². The molecule has 1 aliphatic heterocycles. The highest BCUT2D eigenvalue weighted by atomic mass is 16.5. The van der Waals surface area contributed by atoms with Crippen LogP contribution in [0.15, 0.2) is 18.2 Å². The summed E-state index contributed by atoms with van der Waals surface area (Å²) in [6, 6.07) is 7.02. The fraction of sp³-hybridized carbons (Fsp3) is 0.684. The second-order valence-corrected chi connectivity index (χ2v) is 7.28. The Morgan fingerprint density at radius 1 is 1.32 bits per heavy atom. The van der Waals surface area contributed by atoms with Gasteiger partial charge in [-0.3, -0.25) is 0 Å². The predicted octanol–water partition coefficient (Wildman–Crippen LogP) is 3.46. The van der Waals surface area contributed by atoms with Gasteiger partial charge < -0.3 is 15.2 Å². The normalized spacial score (nSPS) is 25.8. The molecule has 1 saturated carbocycles. The van der Waals surface area contributed by atoms with Crippen LogP contribution in [0.25, 0.3) is 0 Å². The number of nitrogens with one attached hydrogen (secondary N) is 1. The fourth-order valence-corrected chi connectivity index (χ4v) is 3.88. The maximum absolute atomic E-state index is 9.84. The topological polar surface area (TPSA) is 41.5 Å². The zero-order chi connectivity index (χ0) is 15.5. The number of aliphatic hydroxyl groups is 1.